The molecule has 0 amide bonds. The number of halogens is 1. The average molecular weight is 195 g/mol. The summed E-state index contributed by atoms with van der Waals surface area (Å²) < 4.78 is 0. The summed E-state index contributed by atoms with van der Waals surface area (Å²) in [7, 11) is 0. The van der Waals surface area contributed by atoms with Crippen molar-refractivity contribution in [2.75, 3.05) is 0 Å². The van der Waals surface area contributed by atoms with E-state index in [0.29, 0.717) is 15.9 Å². The molecule has 0 bridgehead atoms. The van der Waals surface area contributed by atoms with Crippen LogP contribution in [0, 0.1) is 6.92 Å². The zero-order valence-corrected chi connectivity index (χ0v) is 7.72. The Morgan fingerprint density at radius 2 is 2.23 bits per heavy atom. The summed E-state index contributed by atoms with van der Waals surface area (Å²) in [4.78, 5) is 17.8. The van der Waals surface area contributed by atoms with Gasteiger partial charge in [0.05, 0.1) is 17.2 Å². The Balaban J connectivity index is 2.97. The average Bonchev–Trinajstić information content (AvgIpc) is 2.09. The topological polar surface area (TPSA) is 45.8 Å². The second-order valence-corrected chi connectivity index (χ2v) is 3.26. The van der Waals surface area contributed by atoms with Crippen LogP contribution < -0.4 is 5.56 Å². The zero-order chi connectivity index (χ0) is 9.42. The summed E-state index contributed by atoms with van der Waals surface area (Å²) >= 11 is 5.88. The van der Waals surface area contributed by atoms with Gasteiger partial charge in [-0.3, -0.25) is 4.79 Å². The van der Waals surface area contributed by atoms with Gasteiger partial charge in [0.2, 0.25) is 0 Å². The van der Waals surface area contributed by atoms with Crippen molar-refractivity contribution in [1.29, 1.82) is 0 Å². The third-order valence-corrected chi connectivity index (χ3v) is 2.33. The molecule has 1 aromatic carbocycles. The number of H-pyrrole nitrogens is 1. The van der Waals surface area contributed by atoms with Gasteiger partial charge in [-0.05, 0) is 24.6 Å². The molecule has 2 rings (SSSR count). The summed E-state index contributed by atoms with van der Waals surface area (Å²) in [6, 6.07) is 3.44. The SMILES string of the molecule is Cc1cc2nc[nH]c(=O)c2cc1Cl. The van der Waals surface area contributed by atoms with Crippen molar-refractivity contribution in [2.45, 2.75) is 6.92 Å². The molecule has 0 saturated heterocycles. The fourth-order valence-corrected chi connectivity index (χ4v) is 1.36. The van der Waals surface area contributed by atoms with Crippen molar-refractivity contribution >= 4 is 22.5 Å². The first kappa shape index (κ1) is 8.26. The highest BCUT2D eigenvalue weighted by Gasteiger charge is 2.02. The largest absolute Gasteiger partial charge is 0.313 e. The highest BCUT2D eigenvalue weighted by Crippen LogP contribution is 2.19. The van der Waals surface area contributed by atoms with Crippen molar-refractivity contribution in [3.63, 3.8) is 0 Å². The number of nitrogens with one attached hydrogen (secondary N) is 1. The highest BCUT2D eigenvalue weighted by atomic mass is 35.5. The normalized spacial score (nSPS) is 10.6. The lowest BCUT2D eigenvalue weighted by molar-refractivity contribution is 1.17. The van der Waals surface area contributed by atoms with Gasteiger partial charge >= 0.3 is 0 Å². The van der Waals surface area contributed by atoms with E-state index >= 15 is 0 Å². The molecule has 0 spiro atoms. The van der Waals surface area contributed by atoms with Crippen LogP contribution >= 0.6 is 11.6 Å². The van der Waals surface area contributed by atoms with Gasteiger partial charge in [-0.2, -0.15) is 0 Å². The van der Waals surface area contributed by atoms with E-state index in [1.165, 1.54) is 6.33 Å². The fourth-order valence-electron chi connectivity index (χ4n) is 1.19. The quantitative estimate of drug-likeness (QED) is 0.696. The van der Waals surface area contributed by atoms with Gasteiger partial charge < -0.3 is 4.98 Å². The van der Waals surface area contributed by atoms with Gasteiger partial charge in [-0.1, -0.05) is 11.6 Å². The number of hydrogen-bond acceptors (Lipinski definition) is 2. The van der Waals surface area contributed by atoms with E-state index in [2.05, 4.69) is 9.97 Å². The number of aromatic amines is 1. The van der Waals surface area contributed by atoms with Crippen LogP contribution in [0.15, 0.2) is 23.3 Å². The standard InChI is InChI=1S/C9H7ClN2O/c1-5-2-8-6(3-7(5)10)9(13)12-4-11-8/h2-4H,1H3,(H,11,12,13). The monoisotopic (exact) mass is 194 g/mol. The Morgan fingerprint density at radius 3 is 3.00 bits per heavy atom. The number of benzene rings is 1. The fraction of sp³-hybridized carbons (Fsp3) is 0.111. The molecule has 0 aliphatic carbocycles. The van der Waals surface area contributed by atoms with Crippen molar-refractivity contribution in [1.82, 2.24) is 9.97 Å². The Hall–Kier alpha value is -1.35. The summed E-state index contributed by atoms with van der Waals surface area (Å²) in [6.07, 6.45) is 1.39. The van der Waals surface area contributed by atoms with Gasteiger partial charge in [0.15, 0.2) is 0 Å². The van der Waals surface area contributed by atoms with Crippen LogP contribution in [-0.4, -0.2) is 9.97 Å². The minimum Gasteiger partial charge on any atom is -0.313 e. The Bertz CT molecular complexity index is 518. The third-order valence-electron chi connectivity index (χ3n) is 1.92. The lowest BCUT2D eigenvalue weighted by atomic mass is 10.2. The first-order chi connectivity index (χ1) is 6.18. The molecule has 2 aromatic rings. The number of aryl methyl sites for hydroxylation is 1. The maximum atomic E-state index is 11.3. The summed E-state index contributed by atoms with van der Waals surface area (Å²) in [6.45, 7) is 1.88. The van der Waals surface area contributed by atoms with Crippen LogP contribution in [0.5, 0.6) is 0 Å². The molecule has 4 heteroatoms. The lowest BCUT2D eigenvalue weighted by Gasteiger charge is -1.99. The van der Waals surface area contributed by atoms with Crippen LogP contribution in [0.3, 0.4) is 0 Å². The van der Waals surface area contributed by atoms with E-state index in [9.17, 15) is 4.79 Å². The van der Waals surface area contributed by atoms with Gasteiger partial charge in [0.25, 0.3) is 5.56 Å². The second-order valence-electron chi connectivity index (χ2n) is 2.85. The summed E-state index contributed by atoms with van der Waals surface area (Å²) in [5.74, 6) is 0. The number of aromatic nitrogens is 2. The predicted molar refractivity (Wildman–Crippen MR) is 52.1 cm³/mol. The van der Waals surface area contributed by atoms with Crippen molar-refractivity contribution in [3.05, 3.63) is 39.4 Å². The maximum Gasteiger partial charge on any atom is 0.258 e. The Kier molecular flexibility index (Phi) is 1.81. The molecule has 1 aromatic heterocycles. The summed E-state index contributed by atoms with van der Waals surface area (Å²) in [5, 5.41) is 1.11. The molecule has 0 radical (unpaired) electrons. The van der Waals surface area contributed by atoms with Gasteiger partial charge in [0.1, 0.15) is 0 Å². The van der Waals surface area contributed by atoms with Crippen LogP contribution in [-0.2, 0) is 0 Å². The van der Waals surface area contributed by atoms with Crippen molar-refractivity contribution in [2.24, 2.45) is 0 Å². The second kappa shape index (κ2) is 2.85. The molecule has 0 saturated carbocycles. The van der Waals surface area contributed by atoms with Crippen LogP contribution in [0.2, 0.25) is 5.02 Å². The predicted octanol–water partition coefficient (Wildman–Crippen LogP) is 1.88. The molecular weight excluding hydrogens is 188 g/mol. The molecule has 66 valence electrons. The summed E-state index contributed by atoms with van der Waals surface area (Å²) in [5.41, 5.74) is 1.44. The minimum absolute atomic E-state index is 0.160. The molecule has 3 nitrogen and oxygen atoms in total. The van der Waals surface area contributed by atoms with E-state index in [0.717, 1.165) is 5.56 Å². The van der Waals surface area contributed by atoms with Gasteiger partial charge in [-0.25, -0.2) is 4.98 Å². The third kappa shape index (κ3) is 1.31. The first-order valence-corrected chi connectivity index (χ1v) is 4.20. The lowest BCUT2D eigenvalue weighted by Crippen LogP contribution is -2.06. The smallest absolute Gasteiger partial charge is 0.258 e. The number of fused-ring (bicyclic) bond motifs is 1. The van der Waals surface area contributed by atoms with Crippen LogP contribution in [0.1, 0.15) is 5.56 Å². The molecule has 13 heavy (non-hydrogen) atoms. The maximum absolute atomic E-state index is 11.3. The van der Waals surface area contributed by atoms with E-state index in [1.54, 1.807) is 12.1 Å². The minimum atomic E-state index is -0.160. The van der Waals surface area contributed by atoms with Crippen LogP contribution in [0.25, 0.3) is 10.9 Å². The van der Waals surface area contributed by atoms with Crippen molar-refractivity contribution < 1.29 is 0 Å². The molecule has 0 atom stereocenters. The Labute approximate surface area is 79.4 Å². The zero-order valence-electron chi connectivity index (χ0n) is 6.97. The number of nitrogens with zero attached hydrogens (tertiary/aromatic N) is 1. The molecule has 0 aliphatic rings. The Morgan fingerprint density at radius 1 is 1.46 bits per heavy atom. The molecule has 1 N–H and O–H groups in total. The number of rotatable bonds is 0. The van der Waals surface area contributed by atoms with Gasteiger partial charge in [-0.15, -0.1) is 0 Å². The molecule has 1 heterocycles. The molecule has 0 aliphatic heterocycles. The highest BCUT2D eigenvalue weighted by molar-refractivity contribution is 6.32. The van der Waals surface area contributed by atoms with E-state index in [4.69, 9.17) is 11.6 Å². The van der Waals surface area contributed by atoms with Gasteiger partial charge in [0, 0.05) is 5.02 Å². The van der Waals surface area contributed by atoms with Crippen LogP contribution in [0.4, 0.5) is 0 Å². The number of hydrogen-bond donors (Lipinski definition) is 1. The van der Waals surface area contributed by atoms with Crippen molar-refractivity contribution in [3.8, 4) is 0 Å². The van der Waals surface area contributed by atoms with E-state index in [-0.39, 0.29) is 5.56 Å². The first-order valence-electron chi connectivity index (χ1n) is 3.82. The molecule has 0 unspecified atom stereocenters. The molecular formula is C9H7ClN2O. The van der Waals surface area contributed by atoms with E-state index < -0.39 is 0 Å². The van der Waals surface area contributed by atoms with E-state index in [1.807, 2.05) is 6.92 Å². The molecule has 0 fully saturated rings.